The lowest BCUT2D eigenvalue weighted by Gasteiger charge is -2.13. The first-order valence-electron chi connectivity index (χ1n) is 7.90. The Labute approximate surface area is 151 Å². The second-order valence-electron chi connectivity index (χ2n) is 5.56. The number of nitrogens with one attached hydrogen (secondary N) is 2. The van der Waals surface area contributed by atoms with E-state index >= 15 is 0 Å². The zero-order valence-electron chi connectivity index (χ0n) is 14.4. The van der Waals surface area contributed by atoms with Crippen LogP contribution in [0.1, 0.15) is 24.1 Å². The normalized spacial score (nSPS) is 12.0. The third-order valence-corrected chi connectivity index (χ3v) is 3.81. The van der Waals surface area contributed by atoms with E-state index in [1.807, 2.05) is 43.3 Å². The molecule has 0 saturated carbocycles. The number of nitro benzene ring substituents is 1. The van der Waals surface area contributed by atoms with Gasteiger partial charge in [-0.1, -0.05) is 36.4 Å². The summed E-state index contributed by atoms with van der Waals surface area (Å²) in [7, 11) is 1.58. The quantitative estimate of drug-likeness (QED) is 0.359. The maximum absolute atomic E-state index is 12.4. The zero-order valence-corrected chi connectivity index (χ0v) is 14.4. The van der Waals surface area contributed by atoms with Gasteiger partial charge in [-0.15, -0.1) is 0 Å². The van der Waals surface area contributed by atoms with Crippen molar-refractivity contribution in [2.75, 3.05) is 12.4 Å². The molecule has 2 aromatic rings. The summed E-state index contributed by atoms with van der Waals surface area (Å²) in [6.07, 6.45) is 1.33. The van der Waals surface area contributed by atoms with Gasteiger partial charge in [0.25, 0.3) is 11.6 Å². The minimum absolute atomic E-state index is 0.126. The number of nitrogens with zero attached hydrogens (tertiary/aromatic N) is 2. The van der Waals surface area contributed by atoms with Gasteiger partial charge in [-0.05, 0) is 30.2 Å². The first kappa shape index (κ1) is 18.7. The molecule has 1 atom stereocenters. The minimum atomic E-state index is -0.538. The molecule has 0 unspecified atom stereocenters. The summed E-state index contributed by atoms with van der Waals surface area (Å²) in [5.74, 6) is -0.538. The molecule has 0 bridgehead atoms. The number of nitriles is 1. The van der Waals surface area contributed by atoms with Crippen molar-refractivity contribution in [1.82, 2.24) is 5.32 Å². The monoisotopic (exact) mass is 350 g/mol. The fourth-order valence-corrected chi connectivity index (χ4v) is 2.42. The largest absolute Gasteiger partial charge is 0.383 e. The maximum Gasteiger partial charge on any atom is 0.292 e. The molecule has 2 aromatic carbocycles. The van der Waals surface area contributed by atoms with E-state index in [9.17, 15) is 20.2 Å². The highest BCUT2D eigenvalue weighted by molar-refractivity contribution is 6.02. The molecule has 0 fully saturated rings. The van der Waals surface area contributed by atoms with E-state index in [-0.39, 0.29) is 17.3 Å². The van der Waals surface area contributed by atoms with Crippen molar-refractivity contribution in [1.29, 1.82) is 5.26 Å². The molecule has 0 saturated heterocycles. The van der Waals surface area contributed by atoms with E-state index in [1.54, 1.807) is 13.1 Å². The molecule has 0 aromatic heterocycles. The molecule has 132 valence electrons. The Balaban J connectivity index is 2.24. The van der Waals surface area contributed by atoms with E-state index in [0.29, 0.717) is 11.3 Å². The fraction of sp³-hybridized carbons (Fsp3) is 0.158. The molecule has 0 radical (unpaired) electrons. The molecular formula is C19H18N4O3. The predicted octanol–water partition coefficient (Wildman–Crippen LogP) is 3.42. The number of carbonyl (C=O) groups excluding carboxylic acids is 1. The number of benzene rings is 2. The van der Waals surface area contributed by atoms with Gasteiger partial charge in [-0.25, -0.2) is 0 Å². The van der Waals surface area contributed by atoms with E-state index in [2.05, 4.69) is 10.6 Å². The smallest absolute Gasteiger partial charge is 0.292 e. The van der Waals surface area contributed by atoms with Crippen molar-refractivity contribution in [3.8, 4) is 6.07 Å². The topological polar surface area (TPSA) is 108 Å². The molecular weight excluding hydrogens is 332 g/mol. The summed E-state index contributed by atoms with van der Waals surface area (Å²) in [6.45, 7) is 1.81. The van der Waals surface area contributed by atoms with E-state index in [0.717, 1.165) is 5.56 Å². The van der Waals surface area contributed by atoms with Crippen molar-refractivity contribution in [3.63, 3.8) is 0 Å². The average molecular weight is 350 g/mol. The first-order valence-corrected chi connectivity index (χ1v) is 7.90. The summed E-state index contributed by atoms with van der Waals surface area (Å²) in [5.41, 5.74) is 1.41. The number of nitro groups is 1. The van der Waals surface area contributed by atoms with Gasteiger partial charge in [0, 0.05) is 13.1 Å². The van der Waals surface area contributed by atoms with Gasteiger partial charge in [0.15, 0.2) is 0 Å². The molecule has 0 aliphatic rings. The van der Waals surface area contributed by atoms with Crippen LogP contribution in [0.15, 0.2) is 54.1 Å². The lowest BCUT2D eigenvalue weighted by Crippen LogP contribution is -2.27. The molecule has 0 aliphatic carbocycles. The van der Waals surface area contributed by atoms with Crippen LogP contribution in [-0.4, -0.2) is 17.9 Å². The third-order valence-electron chi connectivity index (χ3n) is 3.81. The number of carbonyl (C=O) groups is 1. The molecule has 7 heteroatoms. The van der Waals surface area contributed by atoms with Gasteiger partial charge in [-0.2, -0.15) is 5.26 Å². The van der Waals surface area contributed by atoms with Crippen molar-refractivity contribution >= 4 is 23.4 Å². The fourth-order valence-electron chi connectivity index (χ4n) is 2.42. The molecule has 26 heavy (non-hydrogen) atoms. The number of anilines is 1. The first-order chi connectivity index (χ1) is 12.5. The highest BCUT2D eigenvalue weighted by atomic mass is 16.6. The standard InChI is InChI=1S/C19H18N4O3/c1-13(15-6-4-3-5-7-15)22-19(24)16(12-20)10-14-8-9-17(21-2)18(11-14)23(25)26/h3-11,13,21H,1-2H3,(H,22,24)/b16-10+/t13-/m1/s1. The Hall–Kier alpha value is -3.66. The van der Waals surface area contributed by atoms with Gasteiger partial charge in [0.2, 0.25) is 0 Å². The Bertz CT molecular complexity index is 885. The second-order valence-corrected chi connectivity index (χ2v) is 5.56. The molecule has 0 spiro atoms. The maximum atomic E-state index is 12.4. The number of rotatable bonds is 6. The van der Waals surface area contributed by atoms with Crippen LogP contribution >= 0.6 is 0 Å². The Morgan fingerprint density at radius 1 is 1.27 bits per heavy atom. The summed E-state index contributed by atoms with van der Waals surface area (Å²) in [6, 6.07) is 15.4. The van der Waals surface area contributed by atoms with Crippen molar-refractivity contribution in [2.24, 2.45) is 0 Å². The lowest BCUT2D eigenvalue weighted by atomic mass is 10.1. The van der Waals surface area contributed by atoms with Crippen LogP contribution in [0.5, 0.6) is 0 Å². The summed E-state index contributed by atoms with van der Waals surface area (Å²) >= 11 is 0. The van der Waals surface area contributed by atoms with E-state index < -0.39 is 10.8 Å². The van der Waals surface area contributed by atoms with Gasteiger partial charge >= 0.3 is 0 Å². The Morgan fingerprint density at radius 2 is 1.96 bits per heavy atom. The van der Waals surface area contributed by atoms with E-state index in [4.69, 9.17) is 0 Å². The van der Waals surface area contributed by atoms with Gasteiger partial charge < -0.3 is 10.6 Å². The van der Waals surface area contributed by atoms with E-state index in [1.165, 1.54) is 18.2 Å². The van der Waals surface area contributed by atoms with Gasteiger partial charge in [0.05, 0.1) is 11.0 Å². The zero-order chi connectivity index (χ0) is 19.1. The molecule has 7 nitrogen and oxygen atoms in total. The minimum Gasteiger partial charge on any atom is -0.383 e. The van der Waals surface area contributed by atoms with Crippen LogP contribution < -0.4 is 10.6 Å². The van der Waals surface area contributed by atoms with Crippen molar-refractivity contribution < 1.29 is 9.72 Å². The highest BCUT2D eigenvalue weighted by Crippen LogP contribution is 2.26. The summed E-state index contributed by atoms with van der Waals surface area (Å²) in [5, 5.41) is 25.9. The summed E-state index contributed by atoms with van der Waals surface area (Å²) in [4.78, 5) is 23.0. The third kappa shape index (κ3) is 4.45. The van der Waals surface area contributed by atoms with Crippen LogP contribution in [0.3, 0.4) is 0 Å². The average Bonchev–Trinajstić information content (AvgIpc) is 2.66. The molecule has 0 aliphatic heterocycles. The molecule has 0 heterocycles. The molecule has 1 amide bonds. The lowest BCUT2D eigenvalue weighted by molar-refractivity contribution is -0.384. The SMILES string of the molecule is CNc1ccc(/C=C(\C#N)C(=O)N[C@H](C)c2ccccc2)cc1[N+](=O)[O-]. The van der Waals surface area contributed by atoms with Crippen molar-refractivity contribution in [2.45, 2.75) is 13.0 Å². The van der Waals surface area contributed by atoms with Crippen LogP contribution in [-0.2, 0) is 4.79 Å². The Kier molecular flexibility index (Phi) is 6.06. The van der Waals surface area contributed by atoms with Crippen LogP contribution in [0, 0.1) is 21.4 Å². The van der Waals surface area contributed by atoms with Crippen LogP contribution in [0.4, 0.5) is 11.4 Å². The summed E-state index contributed by atoms with van der Waals surface area (Å²) < 4.78 is 0. The molecule has 2 rings (SSSR count). The number of hydrogen-bond acceptors (Lipinski definition) is 5. The van der Waals surface area contributed by atoms with Crippen LogP contribution in [0.25, 0.3) is 6.08 Å². The van der Waals surface area contributed by atoms with Gasteiger partial charge in [0.1, 0.15) is 17.3 Å². The van der Waals surface area contributed by atoms with Gasteiger partial charge in [-0.3, -0.25) is 14.9 Å². The highest BCUT2D eigenvalue weighted by Gasteiger charge is 2.16. The van der Waals surface area contributed by atoms with Crippen molar-refractivity contribution in [3.05, 3.63) is 75.3 Å². The van der Waals surface area contributed by atoms with Crippen LogP contribution in [0.2, 0.25) is 0 Å². The predicted molar refractivity (Wildman–Crippen MR) is 99.2 cm³/mol. The Morgan fingerprint density at radius 3 is 2.54 bits per heavy atom. The molecule has 2 N–H and O–H groups in total. The number of amides is 1. The number of hydrogen-bond donors (Lipinski definition) is 2. The second kappa shape index (κ2) is 8.44.